The third-order valence-corrected chi connectivity index (χ3v) is 7.71. The lowest BCUT2D eigenvalue weighted by Crippen LogP contribution is -2.62. The summed E-state index contributed by atoms with van der Waals surface area (Å²) in [6, 6.07) is -9.69. The van der Waals surface area contributed by atoms with Gasteiger partial charge in [0.05, 0.1) is 0 Å². The normalized spacial score (nSPS) is 13.8. The fourth-order valence-electron chi connectivity index (χ4n) is 4.62. The Morgan fingerprint density at radius 3 is 0.966 bits per heavy atom. The Balaban J connectivity index is 6.11. The van der Waals surface area contributed by atoms with Crippen molar-refractivity contribution in [2.75, 3.05) is 0 Å². The first kappa shape index (κ1) is 51.5. The molecule has 5 unspecified atom stereocenters. The lowest BCUT2D eigenvalue weighted by atomic mass is 10.1. The molecule has 18 N–H and O–H groups in total. The largest absolute Gasteiger partial charge is 0.481 e. The monoisotopic (exact) mass is 836 g/mol. The molecule has 28 nitrogen and oxygen atoms in total. The molecule has 0 rings (SSSR count). The Morgan fingerprint density at radius 1 is 0.379 bits per heavy atom. The lowest BCUT2D eigenvalue weighted by Gasteiger charge is -2.26. The molecule has 0 saturated carbocycles. The van der Waals surface area contributed by atoms with E-state index in [-0.39, 0.29) is 6.42 Å². The summed E-state index contributed by atoms with van der Waals surface area (Å²) < 4.78 is 0. The van der Waals surface area contributed by atoms with Gasteiger partial charge in [-0.05, 0) is 38.5 Å². The van der Waals surface area contributed by atoms with Crippen LogP contribution in [0.5, 0.6) is 0 Å². The van der Waals surface area contributed by atoms with E-state index in [0.29, 0.717) is 0 Å². The number of carboxylic acids is 6. The highest BCUT2D eigenvalue weighted by atomic mass is 16.4. The van der Waals surface area contributed by atoms with Crippen LogP contribution < -0.4 is 54.7 Å². The molecule has 6 amide bonds. The van der Waals surface area contributed by atoms with Gasteiger partial charge in [-0.1, -0.05) is 0 Å². The van der Waals surface area contributed by atoms with E-state index < -0.39 is 178 Å². The zero-order valence-corrected chi connectivity index (χ0v) is 30.7. The van der Waals surface area contributed by atoms with Crippen LogP contribution in [0.2, 0.25) is 0 Å². The van der Waals surface area contributed by atoms with Crippen molar-refractivity contribution in [2.45, 2.75) is 113 Å². The second-order valence-electron chi connectivity index (χ2n) is 12.3. The van der Waals surface area contributed by atoms with Gasteiger partial charge in [-0.15, -0.1) is 0 Å². The number of hydrogen-bond donors (Lipinski definition) is 16. The predicted molar refractivity (Wildman–Crippen MR) is 187 cm³/mol. The highest BCUT2D eigenvalue weighted by Crippen LogP contribution is 2.07. The number of primary amides is 1. The molecule has 58 heavy (non-hydrogen) atoms. The van der Waals surface area contributed by atoms with Crippen molar-refractivity contribution in [1.29, 1.82) is 0 Å². The molecule has 0 heterocycles. The minimum absolute atomic E-state index is 0.348. The molecule has 0 aromatic heterocycles. The minimum atomic E-state index is -1.74. The van der Waals surface area contributed by atoms with Gasteiger partial charge in [0.15, 0.2) is 0 Å². The van der Waals surface area contributed by atoms with Gasteiger partial charge in [0, 0.05) is 38.5 Å². The highest BCUT2D eigenvalue weighted by molar-refractivity contribution is 5.94. The molecular formula is C30H48N10O18. The van der Waals surface area contributed by atoms with Gasteiger partial charge in [0.2, 0.25) is 29.5 Å². The molecular weight excluding hydrogens is 788 g/mol. The average Bonchev–Trinajstić information content (AvgIpc) is 3.12. The SMILES string of the molecule is NNC(CCC(=O)O)C(=O)N[C@@H](CCC(=O)O)C(=O)NC(CCC(=O)O)C(=O)NNNC(CCC(=O)O)C(=O)NC(CCC(=O)O)C(=O)NC(CCC(=O)O)C(N)=O. The third-order valence-electron chi connectivity index (χ3n) is 7.71. The minimum Gasteiger partial charge on any atom is -0.481 e. The van der Waals surface area contributed by atoms with Crippen LogP contribution in [0.4, 0.5) is 0 Å². The lowest BCUT2D eigenvalue weighted by molar-refractivity contribution is -0.140. The van der Waals surface area contributed by atoms with Crippen LogP contribution in [-0.4, -0.2) is 138 Å². The van der Waals surface area contributed by atoms with Crippen LogP contribution in [0, 0.1) is 0 Å². The second kappa shape index (κ2) is 27.1. The average molecular weight is 837 g/mol. The standard InChI is InChI=1S/C30H48N10O18/c31-25(53)13(1-7-19(41)42)33-26(54)14(2-8-20(43)44)35-29(57)18(6-12-24(51)52)38-40-39-30(58)16(4-10-22(47)48)36-27(55)15(3-9-21(45)46)34-28(56)17(37-32)5-11-23(49)50/h13-18,37-38,40H,1-12,32H2,(H2,31,53)(H,33,54)(H,34,56)(H,35,57)(H,36,55)(H,39,58)(H,41,42)(H,43,44)(H,45,46)(H,47,48)(H,49,50)(H,51,52)/t13?,14?,15-,16?,17?,18?/m0/s1. The molecule has 0 bridgehead atoms. The molecule has 28 heteroatoms. The first-order valence-corrected chi connectivity index (χ1v) is 17.2. The maximum atomic E-state index is 13.2. The molecule has 0 fully saturated rings. The number of carbonyl (C=O) groups excluding carboxylic acids is 6. The summed E-state index contributed by atoms with van der Waals surface area (Å²) >= 11 is 0. The van der Waals surface area contributed by atoms with Crippen molar-refractivity contribution >= 4 is 71.3 Å². The van der Waals surface area contributed by atoms with Crippen molar-refractivity contribution in [3.05, 3.63) is 0 Å². The van der Waals surface area contributed by atoms with Gasteiger partial charge in [0.1, 0.15) is 36.3 Å². The van der Waals surface area contributed by atoms with Crippen molar-refractivity contribution in [3.63, 3.8) is 0 Å². The number of hydrogen-bond acceptors (Lipinski definition) is 16. The Kier molecular flexibility index (Phi) is 24.1. The van der Waals surface area contributed by atoms with Crippen molar-refractivity contribution < 1.29 is 88.2 Å². The first-order valence-electron chi connectivity index (χ1n) is 17.2. The number of nitrogens with two attached hydrogens (primary N) is 2. The molecule has 0 aliphatic heterocycles. The predicted octanol–water partition coefficient (Wildman–Crippen LogP) is -6.07. The van der Waals surface area contributed by atoms with E-state index >= 15 is 0 Å². The van der Waals surface area contributed by atoms with Crippen molar-refractivity contribution in [2.24, 2.45) is 11.6 Å². The fraction of sp³-hybridized carbons (Fsp3) is 0.600. The molecule has 0 aliphatic carbocycles. The van der Waals surface area contributed by atoms with Gasteiger partial charge in [-0.3, -0.25) is 68.8 Å². The van der Waals surface area contributed by atoms with E-state index in [2.05, 4.69) is 37.7 Å². The van der Waals surface area contributed by atoms with Gasteiger partial charge in [0.25, 0.3) is 5.91 Å². The van der Waals surface area contributed by atoms with Gasteiger partial charge >= 0.3 is 35.8 Å². The Bertz CT molecular complexity index is 1530. The highest BCUT2D eigenvalue weighted by Gasteiger charge is 2.32. The zero-order chi connectivity index (χ0) is 44.5. The van der Waals surface area contributed by atoms with Crippen LogP contribution in [-0.2, 0) is 57.5 Å². The number of amides is 6. The van der Waals surface area contributed by atoms with E-state index in [1.807, 2.05) is 5.43 Å². The third kappa shape index (κ3) is 22.8. The van der Waals surface area contributed by atoms with Gasteiger partial charge in [-0.2, -0.15) is 5.53 Å². The summed E-state index contributed by atoms with van der Waals surface area (Å²) in [5, 5.41) is 63.1. The van der Waals surface area contributed by atoms with Gasteiger partial charge < -0.3 is 57.6 Å². The Morgan fingerprint density at radius 2 is 0.638 bits per heavy atom. The van der Waals surface area contributed by atoms with Crippen LogP contribution >= 0.6 is 0 Å². The van der Waals surface area contributed by atoms with E-state index in [0.717, 1.165) is 0 Å². The fourth-order valence-corrected chi connectivity index (χ4v) is 4.62. The Hall–Kier alpha value is -6.52. The number of hydrazine groups is 3. The topological polar surface area (TPSA) is 474 Å². The van der Waals surface area contributed by atoms with Crippen LogP contribution in [0.1, 0.15) is 77.0 Å². The number of rotatable bonds is 32. The number of carbonyl (C=O) groups is 12. The zero-order valence-electron chi connectivity index (χ0n) is 30.7. The summed E-state index contributed by atoms with van der Waals surface area (Å²) in [6.45, 7) is 0. The van der Waals surface area contributed by atoms with Crippen molar-refractivity contribution in [1.82, 2.24) is 43.1 Å². The maximum Gasteiger partial charge on any atom is 0.303 e. The summed E-state index contributed by atoms with van der Waals surface area (Å²) in [4.78, 5) is 144. The van der Waals surface area contributed by atoms with E-state index in [1.54, 1.807) is 0 Å². The molecule has 0 aromatic carbocycles. The second-order valence-corrected chi connectivity index (χ2v) is 12.3. The summed E-state index contributed by atoms with van der Waals surface area (Å²) in [6.07, 6.45) is -7.11. The van der Waals surface area contributed by atoms with Gasteiger partial charge in [-0.25, -0.2) is 10.9 Å². The van der Waals surface area contributed by atoms with Crippen LogP contribution in [0.15, 0.2) is 0 Å². The summed E-state index contributed by atoms with van der Waals surface area (Å²) in [5.41, 5.74) is 13.6. The molecule has 0 aliphatic rings. The number of aliphatic carboxylic acids is 6. The molecule has 6 atom stereocenters. The number of nitrogens with one attached hydrogen (secondary N) is 8. The van der Waals surface area contributed by atoms with Crippen LogP contribution in [0.3, 0.4) is 0 Å². The smallest absolute Gasteiger partial charge is 0.303 e. The summed E-state index contributed by atoms with van der Waals surface area (Å²) in [7, 11) is 0. The molecule has 0 spiro atoms. The van der Waals surface area contributed by atoms with E-state index in [4.69, 9.17) is 32.0 Å². The molecule has 0 aromatic rings. The maximum absolute atomic E-state index is 13.2. The molecule has 0 radical (unpaired) electrons. The Labute approximate surface area is 327 Å². The van der Waals surface area contributed by atoms with E-state index in [1.165, 1.54) is 0 Å². The van der Waals surface area contributed by atoms with Crippen LogP contribution in [0.25, 0.3) is 0 Å². The number of carboxylic acid groups (broad SMARTS) is 6. The van der Waals surface area contributed by atoms with E-state index in [9.17, 15) is 67.7 Å². The van der Waals surface area contributed by atoms with Crippen molar-refractivity contribution in [3.8, 4) is 0 Å². The molecule has 326 valence electrons. The molecule has 0 saturated heterocycles. The quantitative estimate of drug-likeness (QED) is 0.0221. The first-order chi connectivity index (χ1) is 27.1. The summed E-state index contributed by atoms with van der Waals surface area (Å²) in [5.74, 6) is -9.88.